The average Bonchev–Trinajstić information content (AvgIpc) is 2.23. The summed E-state index contributed by atoms with van der Waals surface area (Å²) in [5.41, 5.74) is -0.178. The monoisotopic (exact) mass is 273 g/mol. The highest BCUT2D eigenvalue weighted by Gasteiger charge is 2.23. The van der Waals surface area contributed by atoms with Gasteiger partial charge in [0.15, 0.2) is 0 Å². The molecule has 0 rings (SSSR count). The van der Waals surface area contributed by atoms with Crippen LogP contribution in [0.15, 0.2) is 0 Å². The first-order valence-electron chi connectivity index (χ1n) is 6.48. The normalized spacial score (nSPS) is 11.8. The van der Waals surface area contributed by atoms with Crippen molar-refractivity contribution < 1.29 is 14.7 Å². The molecular formula is C13H27N3O3. The van der Waals surface area contributed by atoms with Gasteiger partial charge in [-0.3, -0.25) is 4.79 Å². The Morgan fingerprint density at radius 3 is 2.16 bits per heavy atom. The summed E-state index contributed by atoms with van der Waals surface area (Å²) in [4.78, 5) is 26.1. The smallest absolute Gasteiger partial charge is 0.323 e. The molecule has 0 saturated carbocycles. The SMILES string of the molecule is CC(C)CN(CC(=O)O)C(=O)NCC(C)(C)N(C)C. The molecule has 0 radical (unpaired) electrons. The molecule has 2 amide bonds. The van der Waals surface area contributed by atoms with Gasteiger partial charge in [-0.05, 0) is 33.9 Å². The van der Waals surface area contributed by atoms with Crippen molar-refractivity contribution in [3.8, 4) is 0 Å². The number of likely N-dealkylation sites (N-methyl/N-ethyl adjacent to an activating group) is 1. The Kier molecular flexibility index (Phi) is 6.83. The lowest BCUT2D eigenvalue weighted by Crippen LogP contribution is -2.52. The number of hydrogen-bond acceptors (Lipinski definition) is 3. The van der Waals surface area contributed by atoms with Gasteiger partial charge < -0.3 is 20.2 Å². The number of carboxylic acids is 1. The van der Waals surface area contributed by atoms with E-state index in [1.807, 2.05) is 46.7 Å². The van der Waals surface area contributed by atoms with Crippen molar-refractivity contribution >= 4 is 12.0 Å². The fourth-order valence-corrected chi connectivity index (χ4v) is 1.39. The summed E-state index contributed by atoms with van der Waals surface area (Å²) in [5, 5.41) is 11.6. The van der Waals surface area contributed by atoms with Gasteiger partial charge >= 0.3 is 12.0 Å². The van der Waals surface area contributed by atoms with Crippen LogP contribution in [0.3, 0.4) is 0 Å². The maximum Gasteiger partial charge on any atom is 0.323 e. The molecule has 0 unspecified atom stereocenters. The number of nitrogens with one attached hydrogen (secondary N) is 1. The lowest BCUT2D eigenvalue weighted by atomic mass is 10.0. The highest BCUT2D eigenvalue weighted by Crippen LogP contribution is 2.08. The molecule has 0 aromatic rings. The highest BCUT2D eigenvalue weighted by atomic mass is 16.4. The number of nitrogens with zero attached hydrogens (tertiary/aromatic N) is 2. The van der Waals surface area contributed by atoms with Gasteiger partial charge in [0.05, 0.1) is 0 Å². The number of aliphatic carboxylic acids is 1. The van der Waals surface area contributed by atoms with Gasteiger partial charge in [-0.2, -0.15) is 0 Å². The van der Waals surface area contributed by atoms with E-state index >= 15 is 0 Å². The van der Waals surface area contributed by atoms with Gasteiger partial charge in [-0.25, -0.2) is 4.79 Å². The summed E-state index contributed by atoms with van der Waals surface area (Å²) in [7, 11) is 3.88. The van der Waals surface area contributed by atoms with E-state index in [1.54, 1.807) is 0 Å². The summed E-state index contributed by atoms with van der Waals surface area (Å²) in [6.45, 7) is 8.55. The topological polar surface area (TPSA) is 72.9 Å². The van der Waals surface area contributed by atoms with Crippen molar-refractivity contribution in [1.82, 2.24) is 15.1 Å². The van der Waals surface area contributed by atoms with Crippen molar-refractivity contribution in [2.45, 2.75) is 33.2 Å². The first kappa shape index (κ1) is 17.7. The lowest BCUT2D eigenvalue weighted by Gasteiger charge is -2.33. The second-order valence-electron chi connectivity index (χ2n) is 6.03. The van der Waals surface area contributed by atoms with Crippen LogP contribution in [0.4, 0.5) is 4.79 Å². The van der Waals surface area contributed by atoms with E-state index in [9.17, 15) is 9.59 Å². The van der Waals surface area contributed by atoms with E-state index in [1.165, 1.54) is 4.90 Å². The third kappa shape index (κ3) is 7.00. The van der Waals surface area contributed by atoms with Crippen LogP contribution in [0.2, 0.25) is 0 Å². The maximum atomic E-state index is 12.0. The zero-order valence-corrected chi connectivity index (χ0v) is 12.9. The fourth-order valence-electron chi connectivity index (χ4n) is 1.39. The largest absolute Gasteiger partial charge is 0.480 e. The molecule has 19 heavy (non-hydrogen) atoms. The van der Waals surface area contributed by atoms with Crippen molar-refractivity contribution in [2.24, 2.45) is 5.92 Å². The van der Waals surface area contributed by atoms with E-state index in [0.29, 0.717) is 13.1 Å². The number of amides is 2. The number of rotatable bonds is 7. The van der Waals surface area contributed by atoms with Crippen molar-refractivity contribution in [3.63, 3.8) is 0 Å². The van der Waals surface area contributed by atoms with Crippen LogP contribution in [0.1, 0.15) is 27.7 Å². The summed E-state index contributed by atoms with van der Waals surface area (Å²) in [5.74, 6) is -0.769. The quantitative estimate of drug-likeness (QED) is 0.728. The number of urea groups is 1. The third-order valence-electron chi connectivity index (χ3n) is 3.08. The first-order chi connectivity index (χ1) is 8.56. The highest BCUT2D eigenvalue weighted by molar-refractivity contribution is 5.80. The molecule has 0 saturated heterocycles. The summed E-state index contributed by atoms with van der Waals surface area (Å²) in [6.07, 6.45) is 0. The molecule has 0 aromatic carbocycles. The van der Waals surface area contributed by atoms with Crippen LogP contribution in [0.5, 0.6) is 0 Å². The molecule has 2 N–H and O–H groups in total. The Hall–Kier alpha value is -1.30. The number of carboxylic acid groups (broad SMARTS) is 1. The molecule has 0 aliphatic carbocycles. The molecular weight excluding hydrogens is 246 g/mol. The van der Waals surface area contributed by atoms with E-state index in [0.717, 1.165) is 0 Å². The van der Waals surface area contributed by atoms with E-state index in [4.69, 9.17) is 5.11 Å². The van der Waals surface area contributed by atoms with Crippen LogP contribution in [0, 0.1) is 5.92 Å². The van der Waals surface area contributed by atoms with Crippen LogP contribution in [0.25, 0.3) is 0 Å². The van der Waals surface area contributed by atoms with Crippen molar-refractivity contribution in [1.29, 1.82) is 0 Å². The molecule has 0 atom stereocenters. The molecule has 112 valence electrons. The Morgan fingerprint density at radius 2 is 1.79 bits per heavy atom. The molecule has 0 fully saturated rings. The van der Waals surface area contributed by atoms with Gasteiger partial charge in [-0.15, -0.1) is 0 Å². The Bertz CT molecular complexity index is 314. The molecule has 6 heteroatoms. The predicted molar refractivity (Wildman–Crippen MR) is 75.2 cm³/mol. The third-order valence-corrected chi connectivity index (χ3v) is 3.08. The van der Waals surface area contributed by atoms with E-state index in [2.05, 4.69) is 5.32 Å². The van der Waals surface area contributed by atoms with E-state index < -0.39 is 5.97 Å². The zero-order chi connectivity index (χ0) is 15.2. The van der Waals surface area contributed by atoms with Crippen LogP contribution >= 0.6 is 0 Å². The molecule has 0 aromatic heterocycles. The van der Waals surface area contributed by atoms with E-state index in [-0.39, 0.29) is 24.0 Å². The molecule has 0 bridgehead atoms. The number of carbonyl (C=O) groups is 2. The lowest BCUT2D eigenvalue weighted by molar-refractivity contribution is -0.137. The fraction of sp³-hybridized carbons (Fsp3) is 0.846. The summed E-state index contributed by atoms with van der Waals surface area (Å²) in [6, 6.07) is -0.328. The molecule has 0 heterocycles. The van der Waals surface area contributed by atoms with Gasteiger partial charge in [0.1, 0.15) is 6.54 Å². The molecule has 6 nitrogen and oxygen atoms in total. The van der Waals surface area contributed by atoms with Gasteiger partial charge in [0.2, 0.25) is 0 Å². The molecule has 0 aliphatic heterocycles. The zero-order valence-electron chi connectivity index (χ0n) is 12.9. The minimum atomic E-state index is -0.998. The maximum absolute atomic E-state index is 12.0. The summed E-state index contributed by atoms with van der Waals surface area (Å²) >= 11 is 0. The Balaban J connectivity index is 4.52. The minimum absolute atomic E-state index is 0.178. The Labute approximate surface area is 115 Å². The second kappa shape index (κ2) is 7.33. The Morgan fingerprint density at radius 1 is 1.26 bits per heavy atom. The van der Waals surface area contributed by atoms with Crippen LogP contribution < -0.4 is 5.32 Å². The number of hydrogen-bond donors (Lipinski definition) is 2. The number of carbonyl (C=O) groups excluding carboxylic acids is 1. The van der Waals surface area contributed by atoms with Gasteiger partial charge in [-0.1, -0.05) is 13.8 Å². The predicted octanol–water partition coefficient (Wildman–Crippen LogP) is 1.08. The van der Waals surface area contributed by atoms with Crippen molar-refractivity contribution in [3.05, 3.63) is 0 Å². The standard InChI is InChI=1S/C13H27N3O3/c1-10(2)7-16(8-11(17)18)12(19)14-9-13(3,4)15(5)6/h10H,7-9H2,1-6H3,(H,14,19)(H,17,18). The molecule has 0 aliphatic rings. The average molecular weight is 273 g/mol. The van der Waals surface area contributed by atoms with Gasteiger partial charge in [0, 0.05) is 18.6 Å². The second-order valence-corrected chi connectivity index (χ2v) is 6.03. The molecule has 0 spiro atoms. The van der Waals surface area contributed by atoms with Gasteiger partial charge in [0.25, 0.3) is 0 Å². The van der Waals surface area contributed by atoms with Crippen LogP contribution in [-0.2, 0) is 4.79 Å². The van der Waals surface area contributed by atoms with Crippen LogP contribution in [-0.4, -0.2) is 66.2 Å². The summed E-state index contributed by atoms with van der Waals surface area (Å²) < 4.78 is 0. The first-order valence-corrected chi connectivity index (χ1v) is 6.48. The minimum Gasteiger partial charge on any atom is -0.480 e. The van der Waals surface area contributed by atoms with Crippen molar-refractivity contribution in [2.75, 3.05) is 33.7 Å².